The summed E-state index contributed by atoms with van der Waals surface area (Å²) in [4.78, 5) is 15.3. The molecule has 0 saturated carbocycles. The standard InChI is InChI=1S/C20H27N3O2/c24-14-15-5-9-22(10-6-15)17-3-4-19-16(12-17)7-11-23(20(19)25)18-2-1-8-21-13-18/h3-4,7,11-12,15,18,21,24H,1-2,5-6,8-10,13-14H2. The van der Waals surface area contributed by atoms with Gasteiger partial charge >= 0.3 is 0 Å². The molecule has 2 saturated heterocycles. The van der Waals surface area contributed by atoms with Gasteiger partial charge in [0.2, 0.25) is 0 Å². The van der Waals surface area contributed by atoms with E-state index in [1.54, 1.807) is 0 Å². The van der Waals surface area contributed by atoms with E-state index in [0.29, 0.717) is 12.5 Å². The predicted octanol–water partition coefficient (Wildman–Crippen LogP) is 2.13. The average molecular weight is 341 g/mol. The normalized spacial score (nSPS) is 22.4. The Bertz CT molecular complexity index is 787. The zero-order valence-corrected chi connectivity index (χ0v) is 14.7. The summed E-state index contributed by atoms with van der Waals surface area (Å²) in [6.07, 6.45) is 6.22. The lowest BCUT2D eigenvalue weighted by atomic mass is 9.97. The molecule has 0 radical (unpaired) electrons. The van der Waals surface area contributed by atoms with Crippen LogP contribution in [0.3, 0.4) is 0 Å². The number of hydrogen-bond acceptors (Lipinski definition) is 4. The van der Waals surface area contributed by atoms with E-state index in [-0.39, 0.29) is 11.6 Å². The van der Waals surface area contributed by atoms with E-state index in [1.807, 2.05) is 16.8 Å². The van der Waals surface area contributed by atoms with E-state index in [4.69, 9.17) is 0 Å². The number of benzene rings is 1. The maximum Gasteiger partial charge on any atom is 0.258 e. The summed E-state index contributed by atoms with van der Waals surface area (Å²) < 4.78 is 1.90. The number of nitrogens with zero attached hydrogens (tertiary/aromatic N) is 2. The minimum absolute atomic E-state index is 0.122. The summed E-state index contributed by atoms with van der Waals surface area (Å²) in [7, 11) is 0. The maximum atomic E-state index is 12.9. The van der Waals surface area contributed by atoms with Gasteiger partial charge in [0.25, 0.3) is 5.56 Å². The van der Waals surface area contributed by atoms with Gasteiger partial charge in [-0.25, -0.2) is 0 Å². The first-order valence-corrected chi connectivity index (χ1v) is 9.47. The van der Waals surface area contributed by atoms with Crippen molar-refractivity contribution in [1.82, 2.24) is 9.88 Å². The molecule has 5 nitrogen and oxygen atoms in total. The van der Waals surface area contributed by atoms with E-state index in [9.17, 15) is 9.90 Å². The second-order valence-electron chi connectivity index (χ2n) is 7.41. The van der Waals surface area contributed by atoms with Crippen molar-refractivity contribution in [3.8, 4) is 0 Å². The molecule has 0 spiro atoms. The summed E-state index contributed by atoms with van der Waals surface area (Å²) in [5.74, 6) is 0.438. The number of rotatable bonds is 3. The van der Waals surface area contributed by atoms with Crippen LogP contribution in [0.5, 0.6) is 0 Å². The first-order valence-electron chi connectivity index (χ1n) is 9.47. The molecule has 0 aliphatic carbocycles. The lowest BCUT2D eigenvalue weighted by Crippen LogP contribution is -2.36. The Morgan fingerprint density at radius 1 is 1.16 bits per heavy atom. The molecule has 0 bridgehead atoms. The minimum atomic E-state index is 0.122. The number of anilines is 1. The van der Waals surface area contributed by atoms with Crippen LogP contribution in [-0.2, 0) is 0 Å². The molecular formula is C20H27N3O2. The highest BCUT2D eigenvalue weighted by Gasteiger charge is 2.20. The number of fused-ring (bicyclic) bond motifs is 1. The lowest BCUT2D eigenvalue weighted by Gasteiger charge is -2.33. The van der Waals surface area contributed by atoms with Gasteiger partial charge in [-0.3, -0.25) is 4.79 Å². The van der Waals surface area contributed by atoms with Crippen molar-refractivity contribution in [2.45, 2.75) is 31.7 Å². The third-order valence-electron chi connectivity index (χ3n) is 5.82. The molecule has 1 unspecified atom stereocenters. The van der Waals surface area contributed by atoms with Crippen molar-refractivity contribution in [3.63, 3.8) is 0 Å². The van der Waals surface area contributed by atoms with Gasteiger partial charge in [-0.05, 0) is 67.8 Å². The van der Waals surface area contributed by atoms with Crippen LogP contribution in [0, 0.1) is 5.92 Å². The van der Waals surface area contributed by atoms with Crippen LogP contribution in [0.1, 0.15) is 31.7 Å². The molecule has 0 amide bonds. The summed E-state index contributed by atoms with van der Waals surface area (Å²) >= 11 is 0. The minimum Gasteiger partial charge on any atom is -0.396 e. The van der Waals surface area contributed by atoms with E-state index in [1.165, 1.54) is 5.69 Å². The molecule has 5 heteroatoms. The van der Waals surface area contributed by atoms with Crippen LogP contribution in [0.15, 0.2) is 35.3 Å². The summed E-state index contributed by atoms with van der Waals surface area (Å²) in [5, 5.41) is 14.5. The van der Waals surface area contributed by atoms with E-state index < -0.39 is 0 Å². The topological polar surface area (TPSA) is 57.5 Å². The van der Waals surface area contributed by atoms with Gasteiger partial charge in [-0.1, -0.05) is 0 Å². The fourth-order valence-electron chi connectivity index (χ4n) is 4.18. The van der Waals surface area contributed by atoms with Gasteiger partial charge in [0.1, 0.15) is 0 Å². The van der Waals surface area contributed by atoms with E-state index >= 15 is 0 Å². The SMILES string of the molecule is O=c1c2ccc(N3CCC(CO)CC3)cc2ccn1C1CCCNC1. The molecule has 2 N–H and O–H groups in total. The van der Waals surface area contributed by atoms with Crippen molar-refractivity contribution in [3.05, 3.63) is 40.8 Å². The summed E-state index contributed by atoms with van der Waals surface area (Å²) in [6, 6.07) is 8.54. The lowest BCUT2D eigenvalue weighted by molar-refractivity contribution is 0.203. The predicted molar refractivity (Wildman–Crippen MR) is 101 cm³/mol. The highest BCUT2D eigenvalue weighted by Crippen LogP contribution is 2.26. The third kappa shape index (κ3) is 3.31. The second-order valence-corrected chi connectivity index (χ2v) is 7.41. The van der Waals surface area contributed by atoms with Gasteiger partial charge in [0.15, 0.2) is 0 Å². The zero-order valence-electron chi connectivity index (χ0n) is 14.7. The molecule has 1 aromatic heterocycles. The number of hydrogen-bond donors (Lipinski definition) is 2. The highest BCUT2D eigenvalue weighted by molar-refractivity contribution is 5.85. The number of pyridine rings is 1. The van der Waals surface area contributed by atoms with Gasteiger partial charge < -0.3 is 19.9 Å². The van der Waals surface area contributed by atoms with E-state index in [0.717, 1.165) is 62.6 Å². The van der Waals surface area contributed by atoms with Gasteiger partial charge in [0, 0.05) is 49.6 Å². The molecule has 2 aromatic rings. The van der Waals surface area contributed by atoms with Crippen LogP contribution in [0.25, 0.3) is 10.8 Å². The van der Waals surface area contributed by atoms with Crippen LogP contribution >= 0.6 is 0 Å². The zero-order chi connectivity index (χ0) is 17.2. The molecule has 2 aliphatic rings. The Kier molecular flexibility index (Phi) is 4.77. The Morgan fingerprint density at radius 3 is 2.72 bits per heavy atom. The summed E-state index contributed by atoms with van der Waals surface area (Å²) in [6.45, 7) is 4.17. The molecule has 1 atom stereocenters. The van der Waals surface area contributed by atoms with Crippen molar-refractivity contribution >= 4 is 16.5 Å². The fraction of sp³-hybridized carbons (Fsp3) is 0.550. The van der Waals surface area contributed by atoms with E-state index in [2.05, 4.69) is 28.4 Å². The molecule has 4 rings (SSSR count). The molecule has 134 valence electrons. The first-order chi connectivity index (χ1) is 12.3. The number of aliphatic hydroxyl groups is 1. The molecule has 2 fully saturated rings. The number of aromatic nitrogens is 1. The molecule has 3 heterocycles. The number of nitrogens with one attached hydrogen (secondary N) is 1. The smallest absolute Gasteiger partial charge is 0.258 e. The molecular weight excluding hydrogens is 314 g/mol. The molecule has 2 aliphatic heterocycles. The third-order valence-corrected chi connectivity index (χ3v) is 5.82. The van der Waals surface area contributed by atoms with Crippen LogP contribution in [-0.4, -0.2) is 42.5 Å². The summed E-state index contributed by atoms with van der Waals surface area (Å²) in [5.41, 5.74) is 1.30. The Balaban J connectivity index is 1.60. The Labute approximate surface area is 148 Å². The number of aliphatic hydroxyl groups excluding tert-OH is 1. The van der Waals surface area contributed by atoms with Crippen molar-refractivity contribution in [2.75, 3.05) is 37.7 Å². The molecule has 25 heavy (non-hydrogen) atoms. The Morgan fingerprint density at radius 2 is 2.00 bits per heavy atom. The van der Waals surface area contributed by atoms with Gasteiger partial charge in [-0.2, -0.15) is 0 Å². The maximum absolute atomic E-state index is 12.9. The Hall–Kier alpha value is -1.85. The number of piperidine rings is 2. The monoisotopic (exact) mass is 341 g/mol. The van der Waals surface area contributed by atoms with Gasteiger partial charge in [-0.15, -0.1) is 0 Å². The highest BCUT2D eigenvalue weighted by atomic mass is 16.3. The quantitative estimate of drug-likeness (QED) is 0.898. The van der Waals surface area contributed by atoms with Crippen molar-refractivity contribution in [2.24, 2.45) is 5.92 Å². The average Bonchev–Trinajstić information content (AvgIpc) is 2.69. The van der Waals surface area contributed by atoms with Crippen molar-refractivity contribution < 1.29 is 5.11 Å². The second kappa shape index (κ2) is 7.18. The van der Waals surface area contributed by atoms with Crippen LogP contribution in [0.2, 0.25) is 0 Å². The van der Waals surface area contributed by atoms with Crippen LogP contribution in [0.4, 0.5) is 5.69 Å². The van der Waals surface area contributed by atoms with Gasteiger partial charge in [0.05, 0.1) is 0 Å². The first kappa shape index (κ1) is 16.6. The van der Waals surface area contributed by atoms with Crippen molar-refractivity contribution in [1.29, 1.82) is 0 Å². The largest absolute Gasteiger partial charge is 0.396 e. The molecule has 1 aromatic carbocycles. The van der Waals surface area contributed by atoms with Crippen LogP contribution < -0.4 is 15.8 Å². The fourth-order valence-corrected chi connectivity index (χ4v) is 4.18.